The molecule has 2 aromatic carbocycles. The van der Waals surface area contributed by atoms with E-state index in [0.29, 0.717) is 11.4 Å². The lowest BCUT2D eigenvalue weighted by atomic mass is 10.3. The van der Waals surface area contributed by atoms with E-state index in [2.05, 4.69) is 15.4 Å². The standard InChI is InChI=1S/C18H16FN3O4S/c19-13-6-8-14(9-7-13)21-18(23)22-15-3-1-5-17(11-15)27(24,25)20-12-16-4-2-10-26-16/h1-11,20H,12H2,(H2,21,22,23). The Balaban J connectivity index is 1.65. The zero-order valence-corrected chi connectivity index (χ0v) is 14.8. The summed E-state index contributed by atoms with van der Waals surface area (Å²) < 4.78 is 45.1. The first-order chi connectivity index (χ1) is 12.9. The molecule has 2 amide bonds. The quantitative estimate of drug-likeness (QED) is 0.600. The molecule has 3 rings (SSSR count). The monoisotopic (exact) mass is 389 g/mol. The minimum Gasteiger partial charge on any atom is -0.468 e. The van der Waals surface area contributed by atoms with Gasteiger partial charge in [0.2, 0.25) is 10.0 Å². The summed E-state index contributed by atoms with van der Waals surface area (Å²) in [5, 5.41) is 5.06. The lowest BCUT2D eigenvalue weighted by Gasteiger charge is -2.10. The van der Waals surface area contributed by atoms with E-state index < -0.39 is 21.9 Å². The molecule has 0 aliphatic heterocycles. The molecule has 0 saturated heterocycles. The van der Waals surface area contributed by atoms with Gasteiger partial charge in [-0.3, -0.25) is 0 Å². The second kappa shape index (κ2) is 8.02. The molecule has 0 atom stereocenters. The number of hydrogen-bond donors (Lipinski definition) is 3. The lowest BCUT2D eigenvalue weighted by molar-refractivity contribution is 0.262. The number of amides is 2. The van der Waals surface area contributed by atoms with Crippen LogP contribution in [-0.4, -0.2) is 14.4 Å². The number of rotatable bonds is 6. The Morgan fingerprint density at radius 2 is 1.70 bits per heavy atom. The van der Waals surface area contributed by atoms with E-state index in [1.165, 1.54) is 48.7 Å². The number of sulfonamides is 1. The van der Waals surface area contributed by atoms with Crippen LogP contribution in [0.1, 0.15) is 5.76 Å². The number of benzene rings is 2. The first kappa shape index (κ1) is 18.6. The Hall–Kier alpha value is -3.17. The van der Waals surface area contributed by atoms with Gasteiger partial charge >= 0.3 is 6.03 Å². The Labute approximate surface area is 155 Å². The number of anilines is 2. The van der Waals surface area contributed by atoms with Gasteiger partial charge in [-0.1, -0.05) is 6.07 Å². The lowest BCUT2D eigenvalue weighted by Crippen LogP contribution is -2.23. The van der Waals surface area contributed by atoms with Crippen LogP contribution in [0.5, 0.6) is 0 Å². The normalized spacial score (nSPS) is 11.1. The Kier molecular flexibility index (Phi) is 5.53. The fourth-order valence-electron chi connectivity index (χ4n) is 2.23. The van der Waals surface area contributed by atoms with Crippen LogP contribution in [0.3, 0.4) is 0 Å². The summed E-state index contributed by atoms with van der Waals surface area (Å²) in [5.74, 6) is 0.0624. The van der Waals surface area contributed by atoms with Crippen LogP contribution in [0, 0.1) is 5.82 Å². The molecule has 1 aromatic heterocycles. The number of nitrogens with one attached hydrogen (secondary N) is 3. The molecular formula is C18H16FN3O4S. The molecule has 0 fully saturated rings. The number of hydrogen-bond acceptors (Lipinski definition) is 4. The molecule has 1 heterocycles. The van der Waals surface area contributed by atoms with E-state index in [1.807, 2.05) is 0 Å². The molecule has 3 N–H and O–H groups in total. The summed E-state index contributed by atoms with van der Waals surface area (Å²) in [6.45, 7) is 0.0119. The van der Waals surface area contributed by atoms with E-state index in [1.54, 1.807) is 18.2 Å². The molecule has 7 nitrogen and oxygen atoms in total. The highest BCUT2D eigenvalue weighted by molar-refractivity contribution is 7.89. The Morgan fingerprint density at radius 1 is 0.963 bits per heavy atom. The van der Waals surface area contributed by atoms with E-state index in [9.17, 15) is 17.6 Å². The van der Waals surface area contributed by atoms with Crippen LogP contribution in [-0.2, 0) is 16.6 Å². The fraction of sp³-hybridized carbons (Fsp3) is 0.0556. The summed E-state index contributed by atoms with van der Waals surface area (Å²) in [6, 6.07) is 13.8. The maximum atomic E-state index is 12.9. The number of halogens is 1. The van der Waals surface area contributed by atoms with Gasteiger partial charge in [-0.25, -0.2) is 22.3 Å². The summed E-state index contributed by atoms with van der Waals surface area (Å²) in [4.78, 5) is 12.0. The molecule has 0 bridgehead atoms. The van der Waals surface area contributed by atoms with E-state index in [0.717, 1.165) is 0 Å². The van der Waals surface area contributed by atoms with Gasteiger partial charge < -0.3 is 15.1 Å². The molecule has 3 aromatic rings. The molecule has 0 radical (unpaired) electrons. The van der Waals surface area contributed by atoms with Crippen molar-refractivity contribution in [2.24, 2.45) is 0 Å². The van der Waals surface area contributed by atoms with Crippen LogP contribution in [0.25, 0.3) is 0 Å². The molecule has 140 valence electrons. The third-order valence-electron chi connectivity index (χ3n) is 3.52. The molecule has 0 aliphatic carbocycles. The number of furan rings is 1. The third-order valence-corrected chi connectivity index (χ3v) is 4.92. The van der Waals surface area contributed by atoms with Crippen molar-refractivity contribution in [1.82, 2.24) is 4.72 Å². The van der Waals surface area contributed by atoms with Crippen molar-refractivity contribution in [1.29, 1.82) is 0 Å². The maximum absolute atomic E-state index is 12.9. The van der Waals surface area contributed by atoms with Crippen molar-refractivity contribution in [2.45, 2.75) is 11.4 Å². The largest absolute Gasteiger partial charge is 0.468 e. The molecule has 27 heavy (non-hydrogen) atoms. The summed E-state index contributed by atoms with van der Waals surface area (Å²) in [7, 11) is -3.78. The minimum absolute atomic E-state index is 0.00589. The van der Waals surface area contributed by atoms with E-state index in [-0.39, 0.29) is 17.1 Å². The zero-order chi connectivity index (χ0) is 19.3. The van der Waals surface area contributed by atoms with Gasteiger partial charge in [0.1, 0.15) is 11.6 Å². The average Bonchev–Trinajstić information content (AvgIpc) is 3.16. The predicted molar refractivity (Wildman–Crippen MR) is 98.2 cm³/mol. The number of urea groups is 1. The van der Waals surface area contributed by atoms with Crippen molar-refractivity contribution >= 4 is 27.4 Å². The molecule has 9 heteroatoms. The first-order valence-electron chi connectivity index (χ1n) is 7.88. The molecule has 0 aliphatic rings. The number of carbonyl (C=O) groups is 1. The Morgan fingerprint density at radius 3 is 2.41 bits per heavy atom. The topological polar surface area (TPSA) is 100 Å². The molecule has 0 spiro atoms. The van der Waals surface area contributed by atoms with Crippen LogP contribution in [0.4, 0.5) is 20.6 Å². The van der Waals surface area contributed by atoms with Gasteiger partial charge in [0.05, 0.1) is 17.7 Å². The smallest absolute Gasteiger partial charge is 0.323 e. The summed E-state index contributed by atoms with van der Waals surface area (Å²) >= 11 is 0. The van der Waals surface area contributed by atoms with Crippen molar-refractivity contribution in [3.63, 3.8) is 0 Å². The van der Waals surface area contributed by atoms with Crippen molar-refractivity contribution in [3.05, 3.63) is 78.5 Å². The highest BCUT2D eigenvalue weighted by Gasteiger charge is 2.15. The van der Waals surface area contributed by atoms with Crippen molar-refractivity contribution < 1.29 is 22.0 Å². The molecule has 0 unspecified atom stereocenters. The number of carbonyl (C=O) groups excluding carboxylic acids is 1. The highest BCUT2D eigenvalue weighted by Crippen LogP contribution is 2.17. The predicted octanol–water partition coefficient (Wildman–Crippen LogP) is 3.54. The van der Waals surface area contributed by atoms with Gasteiger partial charge in [-0.05, 0) is 54.6 Å². The van der Waals surface area contributed by atoms with Crippen LogP contribution < -0.4 is 15.4 Å². The minimum atomic E-state index is -3.78. The first-order valence-corrected chi connectivity index (χ1v) is 9.36. The second-order valence-corrected chi connectivity index (χ2v) is 7.28. The highest BCUT2D eigenvalue weighted by atomic mass is 32.2. The second-order valence-electron chi connectivity index (χ2n) is 5.52. The average molecular weight is 389 g/mol. The molecular weight excluding hydrogens is 373 g/mol. The zero-order valence-electron chi connectivity index (χ0n) is 14.0. The van der Waals surface area contributed by atoms with Crippen LogP contribution in [0.15, 0.2) is 76.2 Å². The van der Waals surface area contributed by atoms with Gasteiger partial charge in [0.15, 0.2) is 0 Å². The fourth-order valence-corrected chi connectivity index (χ4v) is 3.27. The van der Waals surface area contributed by atoms with Crippen LogP contribution >= 0.6 is 0 Å². The molecule has 0 saturated carbocycles. The summed E-state index contributed by atoms with van der Waals surface area (Å²) in [5.41, 5.74) is 0.688. The van der Waals surface area contributed by atoms with Gasteiger partial charge in [0, 0.05) is 11.4 Å². The van der Waals surface area contributed by atoms with Gasteiger partial charge in [-0.15, -0.1) is 0 Å². The van der Waals surface area contributed by atoms with Gasteiger partial charge in [-0.2, -0.15) is 0 Å². The van der Waals surface area contributed by atoms with Crippen molar-refractivity contribution in [3.8, 4) is 0 Å². The van der Waals surface area contributed by atoms with Gasteiger partial charge in [0.25, 0.3) is 0 Å². The van der Waals surface area contributed by atoms with Crippen molar-refractivity contribution in [2.75, 3.05) is 10.6 Å². The van der Waals surface area contributed by atoms with Crippen LogP contribution in [0.2, 0.25) is 0 Å². The summed E-state index contributed by atoms with van der Waals surface area (Å²) in [6.07, 6.45) is 1.45. The third kappa shape index (κ3) is 5.16. The van der Waals surface area contributed by atoms with E-state index in [4.69, 9.17) is 4.42 Å². The Bertz CT molecular complexity index is 1020. The SMILES string of the molecule is O=C(Nc1ccc(F)cc1)Nc1cccc(S(=O)(=O)NCc2ccco2)c1. The maximum Gasteiger partial charge on any atom is 0.323 e. The van der Waals surface area contributed by atoms with E-state index >= 15 is 0 Å².